The van der Waals surface area contributed by atoms with Crippen molar-refractivity contribution in [2.24, 2.45) is 7.05 Å². The Balaban J connectivity index is 1.37. The predicted octanol–water partition coefficient (Wildman–Crippen LogP) is 3.66. The van der Waals surface area contributed by atoms with E-state index in [1.807, 2.05) is 0 Å². The number of alkyl halides is 3. The van der Waals surface area contributed by atoms with Crippen LogP contribution in [0.2, 0.25) is 0 Å². The summed E-state index contributed by atoms with van der Waals surface area (Å²) in [4.78, 5) is 21.0. The molecule has 3 aromatic heterocycles. The predicted molar refractivity (Wildman–Crippen MR) is 107 cm³/mol. The lowest BCUT2D eigenvalue weighted by Crippen LogP contribution is -2.18. The number of hydrogen-bond donors (Lipinski definition) is 2. The maximum absolute atomic E-state index is 12.9. The van der Waals surface area contributed by atoms with Crippen molar-refractivity contribution in [3.05, 3.63) is 59.8 Å². The Morgan fingerprint density at radius 2 is 2.03 bits per heavy atom. The van der Waals surface area contributed by atoms with Crippen LogP contribution in [0.4, 0.5) is 23.8 Å². The van der Waals surface area contributed by atoms with Crippen LogP contribution in [-0.4, -0.2) is 30.3 Å². The molecule has 164 valence electrons. The van der Waals surface area contributed by atoms with E-state index in [-0.39, 0.29) is 5.82 Å². The summed E-state index contributed by atoms with van der Waals surface area (Å²) in [6, 6.07) is 6.96. The Hall–Kier alpha value is -3.93. The number of hydrogen-bond acceptors (Lipinski definition) is 6. The number of fused-ring (bicyclic) bond motifs is 2. The third kappa shape index (κ3) is 3.54. The van der Waals surface area contributed by atoms with Gasteiger partial charge in [0.25, 0.3) is 0 Å². The van der Waals surface area contributed by atoms with Gasteiger partial charge in [-0.05, 0) is 24.3 Å². The summed E-state index contributed by atoms with van der Waals surface area (Å²) in [7, 11) is 1.16. The minimum absolute atomic E-state index is 0.196. The van der Waals surface area contributed by atoms with Crippen LogP contribution in [0.5, 0.6) is 11.6 Å². The third-order valence-electron chi connectivity index (χ3n) is 5.09. The zero-order valence-corrected chi connectivity index (χ0v) is 16.6. The number of amides is 1. The van der Waals surface area contributed by atoms with Crippen LogP contribution < -0.4 is 15.4 Å². The summed E-state index contributed by atoms with van der Waals surface area (Å²) in [5.41, 5.74) is 1.38. The number of aromatic nitrogens is 5. The van der Waals surface area contributed by atoms with Gasteiger partial charge in [-0.25, -0.2) is 14.8 Å². The van der Waals surface area contributed by atoms with Crippen molar-refractivity contribution in [3.63, 3.8) is 0 Å². The van der Waals surface area contributed by atoms with Gasteiger partial charge in [-0.1, -0.05) is 0 Å². The highest BCUT2D eigenvalue weighted by molar-refractivity contribution is 5.98. The molecule has 5 rings (SSSR count). The average Bonchev–Trinajstić information content (AvgIpc) is 3.45. The molecular weight excluding hydrogens is 427 g/mol. The highest BCUT2D eigenvalue weighted by Gasteiger charge is 2.35. The monoisotopic (exact) mass is 443 g/mol. The second-order valence-corrected chi connectivity index (χ2v) is 7.18. The van der Waals surface area contributed by atoms with Gasteiger partial charge in [-0.15, -0.1) is 0 Å². The van der Waals surface area contributed by atoms with Gasteiger partial charge in [-0.3, -0.25) is 14.6 Å². The molecular formula is C20H16F3N7O2. The maximum Gasteiger partial charge on any atom is 0.433 e. The second kappa shape index (κ2) is 7.34. The topological polar surface area (TPSA) is 98.9 Å². The number of nitrogens with zero attached hydrogens (tertiary/aromatic N) is 5. The molecule has 1 aromatic carbocycles. The molecule has 0 saturated carbocycles. The second-order valence-electron chi connectivity index (χ2n) is 7.18. The Labute approximate surface area is 178 Å². The van der Waals surface area contributed by atoms with Gasteiger partial charge in [0, 0.05) is 37.8 Å². The van der Waals surface area contributed by atoms with E-state index in [0.717, 1.165) is 24.4 Å². The number of halogens is 3. The smallest absolute Gasteiger partial charge is 0.433 e. The first-order chi connectivity index (χ1) is 15.3. The highest BCUT2D eigenvalue weighted by atomic mass is 19.4. The molecule has 0 unspecified atom stereocenters. The summed E-state index contributed by atoms with van der Waals surface area (Å²) in [6.07, 6.45) is -1.60. The van der Waals surface area contributed by atoms with Crippen molar-refractivity contribution in [2.45, 2.75) is 19.3 Å². The van der Waals surface area contributed by atoms with E-state index in [1.54, 1.807) is 24.3 Å². The zero-order valence-electron chi connectivity index (χ0n) is 16.6. The number of ether oxygens (including phenoxy) is 1. The van der Waals surface area contributed by atoms with E-state index >= 15 is 0 Å². The van der Waals surface area contributed by atoms with Crippen LogP contribution in [0.1, 0.15) is 17.0 Å². The van der Waals surface area contributed by atoms with E-state index in [9.17, 15) is 18.0 Å². The molecule has 1 aliphatic heterocycles. The molecule has 32 heavy (non-hydrogen) atoms. The van der Waals surface area contributed by atoms with Gasteiger partial charge in [0.1, 0.15) is 17.8 Å². The number of anilines is 1. The minimum Gasteiger partial charge on any atom is -0.439 e. The number of rotatable bonds is 3. The molecule has 0 radical (unpaired) electrons. The van der Waals surface area contributed by atoms with Crippen molar-refractivity contribution in [1.82, 2.24) is 29.6 Å². The fourth-order valence-corrected chi connectivity index (χ4v) is 3.59. The summed E-state index contributed by atoms with van der Waals surface area (Å²) in [5, 5.41) is 10.0. The Bertz CT molecular complexity index is 1340. The van der Waals surface area contributed by atoms with Crippen LogP contribution in [0.3, 0.4) is 0 Å². The van der Waals surface area contributed by atoms with Crippen LogP contribution >= 0.6 is 0 Å². The van der Waals surface area contributed by atoms with E-state index in [2.05, 4.69) is 25.7 Å². The number of nitrogens with one attached hydrogen (secondary N) is 2. The number of benzene rings is 1. The van der Waals surface area contributed by atoms with Crippen molar-refractivity contribution in [1.29, 1.82) is 0 Å². The maximum atomic E-state index is 12.9. The highest BCUT2D eigenvalue weighted by Crippen LogP contribution is 2.31. The van der Waals surface area contributed by atoms with Gasteiger partial charge in [0.05, 0.1) is 16.8 Å². The summed E-state index contributed by atoms with van der Waals surface area (Å²) in [5.74, 6) is 0.799. The number of carbonyl (C=O) groups is 1. The van der Waals surface area contributed by atoms with Crippen molar-refractivity contribution in [2.75, 3.05) is 5.32 Å². The van der Waals surface area contributed by atoms with E-state index < -0.39 is 17.9 Å². The molecule has 0 aliphatic carbocycles. The molecule has 2 N–H and O–H groups in total. The fraction of sp³-hybridized carbons (Fsp3) is 0.200. The summed E-state index contributed by atoms with van der Waals surface area (Å²) < 4.78 is 46.7. The number of aryl methyl sites for hydroxylation is 1. The molecule has 9 nitrogen and oxygen atoms in total. The first kappa shape index (κ1) is 20.0. The summed E-state index contributed by atoms with van der Waals surface area (Å²) >= 11 is 0. The fourth-order valence-electron chi connectivity index (χ4n) is 3.59. The van der Waals surface area contributed by atoms with Crippen LogP contribution in [0.25, 0.3) is 10.9 Å². The Morgan fingerprint density at radius 1 is 1.19 bits per heavy atom. The molecule has 0 fully saturated rings. The van der Waals surface area contributed by atoms with E-state index in [1.165, 1.54) is 17.1 Å². The van der Waals surface area contributed by atoms with Gasteiger partial charge >= 0.3 is 12.2 Å². The van der Waals surface area contributed by atoms with Gasteiger partial charge in [-0.2, -0.15) is 18.3 Å². The van der Waals surface area contributed by atoms with Crippen LogP contribution in [-0.2, 0) is 26.3 Å². The van der Waals surface area contributed by atoms with Crippen LogP contribution in [0, 0.1) is 0 Å². The van der Waals surface area contributed by atoms with Gasteiger partial charge in [0.15, 0.2) is 5.82 Å². The first-order valence-corrected chi connectivity index (χ1v) is 9.54. The Morgan fingerprint density at radius 3 is 2.81 bits per heavy atom. The molecule has 1 aliphatic rings. The molecule has 1 amide bonds. The average molecular weight is 443 g/mol. The minimum atomic E-state index is -4.57. The largest absolute Gasteiger partial charge is 0.439 e. The first-order valence-electron chi connectivity index (χ1n) is 9.54. The molecule has 0 atom stereocenters. The summed E-state index contributed by atoms with van der Waals surface area (Å²) in [6.45, 7) is 1.28. The quantitative estimate of drug-likeness (QED) is 0.502. The molecule has 0 bridgehead atoms. The lowest BCUT2D eigenvalue weighted by molar-refractivity contribution is -0.143. The SMILES string of the molecule is Cn1nc(NC(=O)n2ccc3cc(Oc4ncnc5c4CNC5)ccc32)cc1C(F)(F)F. The molecule has 0 saturated heterocycles. The Kier molecular flexibility index (Phi) is 4.59. The molecule has 4 heterocycles. The van der Waals surface area contributed by atoms with Gasteiger partial charge < -0.3 is 10.1 Å². The number of carbonyl (C=O) groups excluding carboxylic acids is 1. The van der Waals surface area contributed by atoms with Crippen molar-refractivity contribution in [3.8, 4) is 11.6 Å². The van der Waals surface area contributed by atoms with Crippen molar-refractivity contribution < 1.29 is 22.7 Å². The lowest BCUT2D eigenvalue weighted by Gasteiger charge is -2.09. The molecule has 0 spiro atoms. The molecule has 12 heteroatoms. The van der Waals surface area contributed by atoms with E-state index in [0.29, 0.717) is 40.3 Å². The van der Waals surface area contributed by atoms with Gasteiger partial charge in [0.2, 0.25) is 5.88 Å². The zero-order chi connectivity index (χ0) is 22.5. The van der Waals surface area contributed by atoms with Crippen LogP contribution in [0.15, 0.2) is 42.9 Å². The normalized spacial score (nSPS) is 13.4. The lowest BCUT2D eigenvalue weighted by atomic mass is 10.2. The molecule has 4 aromatic rings. The van der Waals surface area contributed by atoms with Crippen molar-refractivity contribution >= 4 is 22.8 Å². The third-order valence-corrected chi connectivity index (χ3v) is 5.09. The standard InChI is InChI=1S/C20H16F3N7O2/c1-29-16(20(21,22)23)7-17(28-29)27-19(31)30-5-4-11-6-12(2-3-15(11)30)32-18-13-8-24-9-14(13)25-10-26-18/h2-7,10,24H,8-9H2,1H3,(H,27,28,31). The van der Waals surface area contributed by atoms with E-state index in [4.69, 9.17) is 4.74 Å².